The summed E-state index contributed by atoms with van der Waals surface area (Å²) in [5.74, 6) is -0.917. The number of rotatable bonds is 3. The molecule has 1 rings (SSSR count). The van der Waals surface area contributed by atoms with Gasteiger partial charge in [0.15, 0.2) is 0 Å². The fourth-order valence-corrected chi connectivity index (χ4v) is 2.04. The van der Waals surface area contributed by atoms with Crippen LogP contribution in [0, 0.1) is 3.57 Å². The standard InChI is InChI=1S/C11H11IO2/c1-2-9-5-3-8(7-10(9)12)4-6-11(13)14/h3-7H,2H2,1H3,(H,13,14)/b6-4+. The molecule has 0 heterocycles. The molecule has 1 aromatic rings. The van der Waals surface area contributed by atoms with Crippen LogP contribution in [0.4, 0.5) is 0 Å². The number of hydrogen-bond donors (Lipinski definition) is 1. The van der Waals surface area contributed by atoms with E-state index in [-0.39, 0.29) is 0 Å². The first-order valence-corrected chi connectivity index (χ1v) is 5.40. The number of halogens is 1. The van der Waals surface area contributed by atoms with E-state index in [9.17, 15) is 4.79 Å². The topological polar surface area (TPSA) is 37.3 Å². The molecule has 0 unspecified atom stereocenters. The van der Waals surface area contributed by atoms with E-state index < -0.39 is 5.97 Å². The second-order valence-corrected chi connectivity index (χ2v) is 4.04. The third kappa shape index (κ3) is 3.14. The Hall–Kier alpha value is -0.840. The largest absolute Gasteiger partial charge is 0.478 e. The quantitative estimate of drug-likeness (QED) is 0.688. The molecule has 0 saturated carbocycles. The van der Waals surface area contributed by atoms with Gasteiger partial charge in [0.25, 0.3) is 0 Å². The van der Waals surface area contributed by atoms with Crippen LogP contribution in [0.5, 0.6) is 0 Å². The minimum atomic E-state index is -0.917. The third-order valence-electron chi connectivity index (χ3n) is 1.88. The molecule has 0 radical (unpaired) electrons. The van der Waals surface area contributed by atoms with Gasteiger partial charge in [0.2, 0.25) is 0 Å². The summed E-state index contributed by atoms with van der Waals surface area (Å²) in [5, 5.41) is 8.46. The average Bonchev–Trinajstić information content (AvgIpc) is 2.15. The molecule has 1 N–H and O–H groups in total. The lowest BCUT2D eigenvalue weighted by Crippen LogP contribution is -1.88. The molecular weight excluding hydrogens is 291 g/mol. The molecular formula is C11H11IO2. The smallest absolute Gasteiger partial charge is 0.328 e. The van der Waals surface area contributed by atoms with Gasteiger partial charge in [-0.05, 0) is 52.3 Å². The lowest BCUT2D eigenvalue weighted by Gasteiger charge is -2.01. The van der Waals surface area contributed by atoms with Crippen LogP contribution >= 0.6 is 22.6 Å². The van der Waals surface area contributed by atoms with Crippen molar-refractivity contribution in [1.29, 1.82) is 0 Å². The summed E-state index contributed by atoms with van der Waals surface area (Å²) in [6, 6.07) is 5.95. The molecule has 2 nitrogen and oxygen atoms in total. The number of hydrogen-bond acceptors (Lipinski definition) is 1. The van der Waals surface area contributed by atoms with Crippen molar-refractivity contribution < 1.29 is 9.90 Å². The SMILES string of the molecule is CCc1ccc(/C=C/C(=O)O)cc1I. The number of benzene rings is 1. The summed E-state index contributed by atoms with van der Waals surface area (Å²) in [6.45, 7) is 2.10. The highest BCUT2D eigenvalue weighted by Gasteiger charge is 1.97. The average molecular weight is 302 g/mol. The van der Waals surface area contributed by atoms with Gasteiger partial charge in [-0.1, -0.05) is 19.1 Å². The normalized spacial score (nSPS) is 10.7. The predicted molar refractivity (Wildman–Crippen MR) is 65.2 cm³/mol. The van der Waals surface area contributed by atoms with Gasteiger partial charge in [-0.15, -0.1) is 0 Å². The molecule has 1 aromatic carbocycles. The zero-order chi connectivity index (χ0) is 10.6. The van der Waals surface area contributed by atoms with Crippen LogP contribution in [-0.2, 0) is 11.2 Å². The monoisotopic (exact) mass is 302 g/mol. The maximum atomic E-state index is 10.3. The second kappa shape index (κ2) is 5.14. The Morgan fingerprint density at radius 2 is 2.29 bits per heavy atom. The van der Waals surface area contributed by atoms with Crippen molar-refractivity contribution in [3.63, 3.8) is 0 Å². The van der Waals surface area contributed by atoms with E-state index in [0.717, 1.165) is 18.1 Å². The lowest BCUT2D eigenvalue weighted by atomic mass is 10.1. The van der Waals surface area contributed by atoms with Gasteiger partial charge in [0.05, 0.1) is 0 Å². The number of carbonyl (C=O) groups is 1. The molecule has 0 aliphatic heterocycles. The van der Waals surface area contributed by atoms with E-state index in [2.05, 4.69) is 29.5 Å². The maximum absolute atomic E-state index is 10.3. The first kappa shape index (κ1) is 11.2. The lowest BCUT2D eigenvalue weighted by molar-refractivity contribution is -0.131. The maximum Gasteiger partial charge on any atom is 0.328 e. The highest BCUT2D eigenvalue weighted by molar-refractivity contribution is 14.1. The van der Waals surface area contributed by atoms with Crippen LogP contribution in [0.3, 0.4) is 0 Å². The Balaban J connectivity index is 2.91. The molecule has 0 bridgehead atoms. The van der Waals surface area contributed by atoms with Crippen LogP contribution in [0.1, 0.15) is 18.1 Å². The van der Waals surface area contributed by atoms with E-state index in [4.69, 9.17) is 5.11 Å². The van der Waals surface area contributed by atoms with E-state index >= 15 is 0 Å². The summed E-state index contributed by atoms with van der Waals surface area (Å²) < 4.78 is 1.18. The van der Waals surface area contributed by atoms with Crippen LogP contribution in [0.2, 0.25) is 0 Å². The summed E-state index contributed by atoms with van der Waals surface area (Å²) >= 11 is 2.26. The summed E-state index contributed by atoms with van der Waals surface area (Å²) in [5.41, 5.74) is 2.21. The van der Waals surface area contributed by atoms with Crippen molar-refractivity contribution >= 4 is 34.6 Å². The highest BCUT2D eigenvalue weighted by atomic mass is 127. The first-order valence-electron chi connectivity index (χ1n) is 4.33. The first-order chi connectivity index (χ1) is 6.63. The van der Waals surface area contributed by atoms with E-state index in [1.807, 2.05) is 18.2 Å². The third-order valence-corrected chi connectivity index (χ3v) is 2.88. The van der Waals surface area contributed by atoms with Crippen molar-refractivity contribution in [1.82, 2.24) is 0 Å². The fraction of sp³-hybridized carbons (Fsp3) is 0.182. The van der Waals surface area contributed by atoms with Gasteiger partial charge in [-0.2, -0.15) is 0 Å². The molecule has 0 aromatic heterocycles. The Morgan fingerprint density at radius 1 is 1.57 bits per heavy atom. The van der Waals surface area contributed by atoms with E-state index in [1.165, 1.54) is 9.13 Å². The minimum absolute atomic E-state index is 0.917. The van der Waals surface area contributed by atoms with Crippen LogP contribution in [0.15, 0.2) is 24.3 Å². The summed E-state index contributed by atoms with van der Waals surface area (Å²) in [6.07, 6.45) is 3.75. The number of aryl methyl sites for hydroxylation is 1. The molecule has 0 aliphatic carbocycles. The number of aliphatic carboxylic acids is 1. The van der Waals surface area contributed by atoms with Crippen molar-refractivity contribution in [3.8, 4) is 0 Å². The van der Waals surface area contributed by atoms with Gasteiger partial charge in [-0.3, -0.25) is 0 Å². The predicted octanol–water partition coefficient (Wildman–Crippen LogP) is 2.95. The van der Waals surface area contributed by atoms with Gasteiger partial charge in [-0.25, -0.2) is 4.79 Å². The Kier molecular flexibility index (Phi) is 4.13. The van der Waals surface area contributed by atoms with Crippen molar-refractivity contribution in [2.24, 2.45) is 0 Å². The zero-order valence-corrected chi connectivity index (χ0v) is 9.98. The molecule has 0 atom stereocenters. The van der Waals surface area contributed by atoms with Crippen molar-refractivity contribution in [3.05, 3.63) is 39.0 Å². The molecule has 14 heavy (non-hydrogen) atoms. The highest BCUT2D eigenvalue weighted by Crippen LogP contribution is 2.15. The Labute approximate surface area is 96.8 Å². The van der Waals surface area contributed by atoms with E-state index in [1.54, 1.807) is 6.08 Å². The number of carboxylic acid groups (broad SMARTS) is 1. The van der Waals surface area contributed by atoms with Crippen LogP contribution < -0.4 is 0 Å². The summed E-state index contributed by atoms with van der Waals surface area (Å²) in [4.78, 5) is 10.3. The van der Waals surface area contributed by atoms with Gasteiger partial charge in [0.1, 0.15) is 0 Å². The molecule has 3 heteroatoms. The minimum Gasteiger partial charge on any atom is -0.478 e. The van der Waals surface area contributed by atoms with Gasteiger partial charge in [0, 0.05) is 9.65 Å². The zero-order valence-electron chi connectivity index (χ0n) is 7.83. The van der Waals surface area contributed by atoms with Crippen LogP contribution in [-0.4, -0.2) is 11.1 Å². The molecule has 74 valence electrons. The van der Waals surface area contributed by atoms with E-state index in [0.29, 0.717) is 0 Å². The Morgan fingerprint density at radius 3 is 2.79 bits per heavy atom. The van der Waals surface area contributed by atoms with Crippen LogP contribution in [0.25, 0.3) is 6.08 Å². The van der Waals surface area contributed by atoms with Crippen molar-refractivity contribution in [2.45, 2.75) is 13.3 Å². The number of carboxylic acids is 1. The second-order valence-electron chi connectivity index (χ2n) is 2.88. The molecule has 0 aliphatic rings. The molecule has 0 saturated heterocycles. The molecule has 0 fully saturated rings. The fourth-order valence-electron chi connectivity index (χ4n) is 1.12. The van der Waals surface area contributed by atoms with Crippen molar-refractivity contribution in [2.75, 3.05) is 0 Å². The van der Waals surface area contributed by atoms with Gasteiger partial charge < -0.3 is 5.11 Å². The Bertz CT molecular complexity index is 370. The molecule has 0 spiro atoms. The van der Waals surface area contributed by atoms with Gasteiger partial charge >= 0.3 is 5.97 Å². The molecule has 0 amide bonds. The summed E-state index contributed by atoms with van der Waals surface area (Å²) in [7, 11) is 0.